The van der Waals surface area contributed by atoms with Crippen molar-refractivity contribution in [3.8, 4) is 0 Å². The first-order valence-electron chi connectivity index (χ1n) is 7.60. The Labute approximate surface area is 139 Å². The van der Waals surface area contributed by atoms with Gasteiger partial charge in [0.15, 0.2) is 0 Å². The minimum atomic E-state index is -0.544. The summed E-state index contributed by atoms with van der Waals surface area (Å²) in [6.45, 7) is 1.87. The number of nitrogens with zero attached hydrogens (tertiary/aromatic N) is 1. The van der Waals surface area contributed by atoms with E-state index in [9.17, 15) is 14.9 Å². The molecule has 0 unspecified atom stereocenters. The molecule has 120 valence electrons. The van der Waals surface area contributed by atoms with Crippen molar-refractivity contribution in [3.05, 3.63) is 88.0 Å². The Morgan fingerprint density at radius 2 is 1.67 bits per heavy atom. The lowest BCUT2D eigenvalue weighted by molar-refractivity contribution is -0.385. The standard InChI is InChI=1S/C19H16N2O3/c1-13(15-11-6-8-14-7-2-3-9-16(14)15)20-19(22)17-10-4-5-12-18(17)21(23)24/h2-13H,1H3,(H,20,22)/t13-/m1/s1. The maximum absolute atomic E-state index is 12.5. The first-order valence-corrected chi connectivity index (χ1v) is 7.60. The van der Waals surface area contributed by atoms with Crippen LogP contribution in [0.4, 0.5) is 5.69 Å². The number of benzene rings is 3. The van der Waals surface area contributed by atoms with Gasteiger partial charge in [-0.25, -0.2) is 0 Å². The smallest absolute Gasteiger partial charge is 0.282 e. The lowest BCUT2D eigenvalue weighted by Gasteiger charge is -2.16. The molecule has 0 aliphatic rings. The number of hydrogen-bond acceptors (Lipinski definition) is 3. The number of rotatable bonds is 4. The third kappa shape index (κ3) is 2.96. The van der Waals surface area contributed by atoms with Crippen molar-refractivity contribution in [3.63, 3.8) is 0 Å². The molecule has 0 aliphatic heterocycles. The van der Waals surface area contributed by atoms with E-state index < -0.39 is 10.8 Å². The quantitative estimate of drug-likeness (QED) is 0.577. The highest BCUT2D eigenvalue weighted by Gasteiger charge is 2.21. The predicted molar refractivity (Wildman–Crippen MR) is 92.9 cm³/mol. The topological polar surface area (TPSA) is 72.2 Å². The van der Waals surface area contributed by atoms with Gasteiger partial charge >= 0.3 is 0 Å². The molecule has 3 aromatic carbocycles. The number of hydrogen-bond donors (Lipinski definition) is 1. The number of nitrogens with one attached hydrogen (secondary N) is 1. The molecule has 0 fully saturated rings. The van der Waals surface area contributed by atoms with Crippen molar-refractivity contribution in [2.45, 2.75) is 13.0 Å². The SMILES string of the molecule is C[C@@H](NC(=O)c1ccccc1[N+](=O)[O-])c1cccc2ccccc12. The number of nitro groups is 1. The van der Waals surface area contributed by atoms with Gasteiger partial charge in [0.05, 0.1) is 11.0 Å². The van der Waals surface area contributed by atoms with E-state index in [-0.39, 0.29) is 17.3 Å². The minimum absolute atomic E-state index is 0.0644. The predicted octanol–water partition coefficient (Wildman–Crippen LogP) is 4.24. The fourth-order valence-corrected chi connectivity index (χ4v) is 2.81. The van der Waals surface area contributed by atoms with Crippen LogP contribution in [-0.2, 0) is 0 Å². The normalized spacial score (nSPS) is 11.9. The van der Waals surface area contributed by atoms with Crippen LogP contribution >= 0.6 is 0 Å². The highest BCUT2D eigenvalue weighted by Crippen LogP contribution is 2.25. The number of amides is 1. The van der Waals surface area contributed by atoms with E-state index in [1.807, 2.05) is 49.4 Å². The zero-order chi connectivity index (χ0) is 17.1. The Bertz CT molecular complexity index is 916. The van der Waals surface area contributed by atoms with Gasteiger partial charge in [-0.1, -0.05) is 54.6 Å². The fraction of sp³-hybridized carbons (Fsp3) is 0.105. The number of fused-ring (bicyclic) bond motifs is 1. The summed E-state index contributed by atoms with van der Waals surface area (Å²) in [7, 11) is 0. The second-order valence-electron chi connectivity index (χ2n) is 5.54. The summed E-state index contributed by atoms with van der Waals surface area (Å²) in [6, 6.07) is 19.5. The van der Waals surface area contributed by atoms with Crippen LogP contribution in [0.5, 0.6) is 0 Å². The van der Waals surface area contributed by atoms with Crippen LogP contribution in [0.1, 0.15) is 28.9 Å². The lowest BCUT2D eigenvalue weighted by atomic mass is 9.99. The zero-order valence-electron chi connectivity index (χ0n) is 13.1. The molecule has 1 atom stereocenters. The lowest BCUT2D eigenvalue weighted by Crippen LogP contribution is -2.27. The summed E-state index contributed by atoms with van der Waals surface area (Å²) in [6.07, 6.45) is 0. The molecular weight excluding hydrogens is 304 g/mol. The van der Waals surface area contributed by atoms with E-state index in [1.54, 1.807) is 12.1 Å². The molecule has 3 aromatic rings. The summed E-state index contributed by atoms with van der Waals surface area (Å²) in [5, 5.41) is 16.1. The molecule has 0 heterocycles. The Balaban J connectivity index is 1.91. The Morgan fingerprint density at radius 3 is 2.46 bits per heavy atom. The molecule has 24 heavy (non-hydrogen) atoms. The molecule has 0 aliphatic carbocycles. The minimum Gasteiger partial charge on any atom is -0.345 e. The molecule has 0 aromatic heterocycles. The third-order valence-electron chi connectivity index (χ3n) is 3.98. The summed E-state index contributed by atoms with van der Waals surface area (Å²) in [5.41, 5.74) is 0.842. The highest BCUT2D eigenvalue weighted by molar-refractivity contribution is 5.98. The second kappa shape index (κ2) is 6.50. The van der Waals surface area contributed by atoms with Crippen molar-refractivity contribution >= 4 is 22.4 Å². The first-order chi connectivity index (χ1) is 11.6. The molecule has 0 radical (unpaired) electrons. The molecule has 0 bridgehead atoms. The van der Waals surface area contributed by atoms with Gasteiger partial charge in [-0.3, -0.25) is 14.9 Å². The summed E-state index contributed by atoms with van der Waals surface area (Å²) < 4.78 is 0. The van der Waals surface area contributed by atoms with Crippen molar-refractivity contribution in [2.24, 2.45) is 0 Å². The van der Waals surface area contributed by atoms with Crippen molar-refractivity contribution < 1.29 is 9.72 Å². The molecule has 0 saturated carbocycles. The average Bonchev–Trinajstić information content (AvgIpc) is 2.61. The van der Waals surface area contributed by atoms with E-state index in [2.05, 4.69) is 5.32 Å². The van der Waals surface area contributed by atoms with Crippen LogP contribution in [0.25, 0.3) is 10.8 Å². The van der Waals surface area contributed by atoms with Crippen LogP contribution < -0.4 is 5.32 Å². The van der Waals surface area contributed by atoms with E-state index >= 15 is 0 Å². The fourth-order valence-electron chi connectivity index (χ4n) is 2.81. The Morgan fingerprint density at radius 1 is 1.00 bits per heavy atom. The van der Waals surface area contributed by atoms with Gasteiger partial charge in [0.25, 0.3) is 11.6 Å². The van der Waals surface area contributed by atoms with E-state index in [1.165, 1.54) is 12.1 Å². The summed E-state index contributed by atoms with van der Waals surface area (Å²) >= 11 is 0. The van der Waals surface area contributed by atoms with Crippen LogP contribution in [0, 0.1) is 10.1 Å². The van der Waals surface area contributed by atoms with Gasteiger partial charge < -0.3 is 5.32 Å². The van der Waals surface area contributed by atoms with Gasteiger partial charge in [0.1, 0.15) is 5.56 Å². The molecule has 5 heteroatoms. The molecule has 1 N–H and O–H groups in total. The van der Waals surface area contributed by atoms with E-state index in [0.29, 0.717) is 0 Å². The summed E-state index contributed by atoms with van der Waals surface area (Å²) in [5.74, 6) is -0.456. The Kier molecular flexibility index (Phi) is 4.24. The summed E-state index contributed by atoms with van der Waals surface area (Å²) in [4.78, 5) is 23.0. The van der Waals surface area contributed by atoms with Crippen molar-refractivity contribution in [2.75, 3.05) is 0 Å². The number of nitro benzene ring substituents is 1. The monoisotopic (exact) mass is 320 g/mol. The van der Waals surface area contributed by atoms with E-state index in [4.69, 9.17) is 0 Å². The average molecular weight is 320 g/mol. The highest BCUT2D eigenvalue weighted by atomic mass is 16.6. The molecular formula is C19H16N2O3. The molecule has 0 saturated heterocycles. The van der Waals surface area contributed by atoms with Gasteiger partial charge in [0, 0.05) is 6.07 Å². The van der Waals surface area contributed by atoms with Crippen LogP contribution in [0.3, 0.4) is 0 Å². The first kappa shape index (κ1) is 15.7. The van der Waals surface area contributed by atoms with Crippen LogP contribution in [0.2, 0.25) is 0 Å². The zero-order valence-corrected chi connectivity index (χ0v) is 13.1. The molecule has 3 rings (SSSR count). The van der Waals surface area contributed by atoms with Gasteiger partial charge in [-0.15, -0.1) is 0 Å². The van der Waals surface area contributed by atoms with E-state index in [0.717, 1.165) is 16.3 Å². The molecule has 1 amide bonds. The maximum atomic E-state index is 12.5. The van der Waals surface area contributed by atoms with Gasteiger partial charge in [-0.05, 0) is 29.3 Å². The number of carbonyl (C=O) groups is 1. The largest absolute Gasteiger partial charge is 0.345 e. The van der Waals surface area contributed by atoms with Crippen molar-refractivity contribution in [1.29, 1.82) is 0 Å². The third-order valence-corrected chi connectivity index (χ3v) is 3.98. The maximum Gasteiger partial charge on any atom is 0.282 e. The second-order valence-corrected chi connectivity index (χ2v) is 5.54. The molecule has 0 spiro atoms. The number of para-hydroxylation sites is 1. The van der Waals surface area contributed by atoms with Gasteiger partial charge in [0.2, 0.25) is 0 Å². The van der Waals surface area contributed by atoms with Crippen LogP contribution in [0.15, 0.2) is 66.7 Å². The van der Waals surface area contributed by atoms with Crippen LogP contribution in [-0.4, -0.2) is 10.8 Å². The number of carbonyl (C=O) groups excluding carboxylic acids is 1. The Hall–Kier alpha value is -3.21. The van der Waals surface area contributed by atoms with Crippen molar-refractivity contribution in [1.82, 2.24) is 5.32 Å². The molecule has 5 nitrogen and oxygen atoms in total. The van der Waals surface area contributed by atoms with Gasteiger partial charge in [-0.2, -0.15) is 0 Å².